The van der Waals surface area contributed by atoms with Crippen molar-refractivity contribution in [2.45, 2.75) is 5.75 Å². The van der Waals surface area contributed by atoms with Gasteiger partial charge >= 0.3 is 0 Å². The van der Waals surface area contributed by atoms with E-state index in [1.54, 1.807) is 17.8 Å². The molecule has 8 heteroatoms. The second-order valence-corrected chi connectivity index (χ2v) is 7.35. The van der Waals surface area contributed by atoms with E-state index >= 15 is 0 Å². The Labute approximate surface area is 116 Å². The second-order valence-electron chi connectivity index (χ2n) is 4.15. The monoisotopic (exact) mass is 302 g/mol. The molecular formula is C11H14N2O4S2. The smallest absolute Gasteiger partial charge is 0.258 e. The van der Waals surface area contributed by atoms with Crippen LogP contribution in [0.5, 0.6) is 0 Å². The molecule has 0 bridgehead atoms. The number of thioether (sulfide) groups is 1. The van der Waals surface area contributed by atoms with Crippen molar-refractivity contribution in [2.75, 3.05) is 24.6 Å². The van der Waals surface area contributed by atoms with Crippen LogP contribution in [0.3, 0.4) is 0 Å². The Morgan fingerprint density at radius 2 is 1.89 bits per heavy atom. The number of rotatable bonds is 4. The van der Waals surface area contributed by atoms with Gasteiger partial charge in [-0.25, -0.2) is 8.42 Å². The predicted molar refractivity (Wildman–Crippen MR) is 74.6 cm³/mol. The van der Waals surface area contributed by atoms with Crippen LogP contribution in [0.4, 0.5) is 5.69 Å². The maximum absolute atomic E-state index is 12.2. The van der Waals surface area contributed by atoms with Gasteiger partial charge in [0.15, 0.2) is 0 Å². The molecule has 1 fully saturated rings. The average Bonchev–Trinajstić information content (AvgIpc) is 2.39. The lowest BCUT2D eigenvalue weighted by Crippen LogP contribution is -2.38. The van der Waals surface area contributed by atoms with Gasteiger partial charge in [-0.1, -0.05) is 18.2 Å². The number of hydrogen-bond donors (Lipinski definition) is 0. The number of nitro groups is 1. The molecule has 1 aromatic rings. The Morgan fingerprint density at radius 3 is 2.53 bits per heavy atom. The molecule has 19 heavy (non-hydrogen) atoms. The van der Waals surface area contributed by atoms with Crippen molar-refractivity contribution in [3.05, 3.63) is 39.9 Å². The van der Waals surface area contributed by atoms with Crippen molar-refractivity contribution in [3.63, 3.8) is 0 Å². The third kappa shape index (κ3) is 3.46. The lowest BCUT2D eigenvalue weighted by atomic mass is 10.2. The molecule has 0 aliphatic carbocycles. The molecule has 1 aliphatic heterocycles. The van der Waals surface area contributed by atoms with Gasteiger partial charge in [-0.2, -0.15) is 16.1 Å². The summed E-state index contributed by atoms with van der Waals surface area (Å²) >= 11 is 1.71. The van der Waals surface area contributed by atoms with Gasteiger partial charge in [0.25, 0.3) is 5.69 Å². The Morgan fingerprint density at radius 1 is 1.26 bits per heavy atom. The quantitative estimate of drug-likeness (QED) is 0.621. The van der Waals surface area contributed by atoms with Gasteiger partial charge in [-0.3, -0.25) is 10.1 Å². The highest BCUT2D eigenvalue weighted by Crippen LogP contribution is 2.23. The highest BCUT2D eigenvalue weighted by molar-refractivity contribution is 7.99. The summed E-state index contributed by atoms with van der Waals surface area (Å²) in [6.07, 6.45) is 0. The third-order valence-electron chi connectivity index (χ3n) is 2.89. The summed E-state index contributed by atoms with van der Waals surface area (Å²) in [5.74, 6) is 1.24. The van der Waals surface area contributed by atoms with Gasteiger partial charge in [0.05, 0.1) is 10.7 Å². The molecule has 1 aliphatic rings. The SMILES string of the molecule is O=[N+]([O-])c1ccccc1CS(=O)(=O)N1CCSCC1. The first-order valence-corrected chi connectivity index (χ1v) is 8.55. The minimum Gasteiger partial charge on any atom is -0.258 e. The van der Waals surface area contributed by atoms with Gasteiger partial charge in [0, 0.05) is 36.2 Å². The number of sulfonamides is 1. The molecule has 0 spiro atoms. The zero-order valence-electron chi connectivity index (χ0n) is 10.2. The van der Waals surface area contributed by atoms with Crippen molar-refractivity contribution in [1.82, 2.24) is 4.31 Å². The fourth-order valence-electron chi connectivity index (χ4n) is 1.92. The normalized spacial score (nSPS) is 17.3. The van der Waals surface area contributed by atoms with Gasteiger partial charge < -0.3 is 0 Å². The van der Waals surface area contributed by atoms with E-state index in [4.69, 9.17) is 0 Å². The average molecular weight is 302 g/mol. The molecule has 0 atom stereocenters. The lowest BCUT2D eigenvalue weighted by molar-refractivity contribution is -0.385. The van der Waals surface area contributed by atoms with Gasteiger partial charge in [-0.15, -0.1) is 0 Å². The minimum atomic E-state index is -3.48. The number of hydrogen-bond acceptors (Lipinski definition) is 5. The summed E-state index contributed by atoms with van der Waals surface area (Å²) < 4.78 is 25.9. The van der Waals surface area contributed by atoms with Crippen LogP contribution >= 0.6 is 11.8 Å². The molecule has 0 N–H and O–H groups in total. The van der Waals surface area contributed by atoms with Crippen LogP contribution in [0.25, 0.3) is 0 Å². The highest BCUT2D eigenvalue weighted by Gasteiger charge is 2.27. The number of para-hydroxylation sites is 1. The van der Waals surface area contributed by atoms with Crippen molar-refractivity contribution in [3.8, 4) is 0 Å². The van der Waals surface area contributed by atoms with Crippen LogP contribution in [-0.2, 0) is 15.8 Å². The third-order valence-corrected chi connectivity index (χ3v) is 5.66. The standard InChI is InChI=1S/C11H14N2O4S2/c14-13(15)11-4-2-1-3-10(11)9-19(16,17)12-5-7-18-8-6-12/h1-4H,5-9H2. The van der Waals surface area contributed by atoms with Crippen molar-refractivity contribution in [2.24, 2.45) is 0 Å². The maximum Gasteiger partial charge on any atom is 0.273 e. The Bertz CT molecular complexity index is 568. The molecule has 104 valence electrons. The summed E-state index contributed by atoms with van der Waals surface area (Å²) in [4.78, 5) is 10.3. The summed E-state index contributed by atoms with van der Waals surface area (Å²) in [6, 6.07) is 5.97. The van der Waals surface area contributed by atoms with E-state index in [0.717, 1.165) is 11.5 Å². The van der Waals surface area contributed by atoms with Crippen molar-refractivity contribution >= 4 is 27.5 Å². The second kappa shape index (κ2) is 5.89. The first-order chi connectivity index (χ1) is 9.00. The van der Waals surface area contributed by atoms with E-state index in [2.05, 4.69) is 0 Å². The van der Waals surface area contributed by atoms with Crippen molar-refractivity contribution in [1.29, 1.82) is 0 Å². The zero-order chi connectivity index (χ0) is 13.9. The van der Waals surface area contributed by atoms with E-state index in [1.807, 2.05) is 0 Å². The van der Waals surface area contributed by atoms with Gasteiger partial charge in [-0.05, 0) is 0 Å². The van der Waals surface area contributed by atoms with Crippen LogP contribution in [0, 0.1) is 10.1 Å². The fraction of sp³-hybridized carbons (Fsp3) is 0.455. The van der Waals surface area contributed by atoms with Crippen molar-refractivity contribution < 1.29 is 13.3 Å². The largest absolute Gasteiger partial charge is 0.273 e. The van der Waals surface area contributed by atoms with E-state index in [9.17, 15) is 18.5 Å². The molecule has 0 saturated carbocycles. The predicted octanol–water partition coefficient (Wildman–Crippen LogP) is 1.47. The molecule has 0 aromatic heterocycles. The molecule has 0 radical (unpaired) electrons. The molecule has 1 aromatic carbocycles. The van der Waals surface area contributed by atoms with Gasteiger partial charge in [0.2, 0.25) is 10.0 Å². The molecule has 1 heterocycles. The van der Waals surface area contributed by atoms with E-state index in [0.29, 0.717) is 13.1 Å². The molecule has 1 saturated heterocycles. The zero-order valence-corrected chi connectivity index (χ0v) is 11.8. The summed E-state index contributed by atoms with van der Waals surface area (Å²) in [7, 11) is -3.48. The first kappa shape index (κ1) is 14.3. The summed E-state index contributed by atoms with van der Waals surface area (Å²) in [5, 5.41) is 10.9. The lowest BCUT2D eigenvalue weighted by Gasteiger charge is -2.25. The molecule has 0 unspecified atom stereocenters. The maximum atomic E-state index is 12.2. The fourth-order valence-corrected chi connectivity index (χ4v) is 4.62. The molecule has 0 amide bonds. The number of nitrogens with zero attached hydrogens (tertiary/aromatic N) is 2. The van der Waals surface area contributed by atoms with E-state index in [1.165, 1.54) is 22.5 Å². The first-order valence-electron chi connectivity index (χ1n) is 5.78. The Balaban J connectivity index is 2.22. The Hall–Kier alpha value is -1.12. The molecule has 2 rings (SSSR count). The number of nitro benzene ring substituents is 1. The van der Waals surface area contributed by atoms with Crippen LogP contribution < -0.4 is 0 Å². The Kier molecular flexibility index (Phi) is 4.43. The van der Waals surface area contributed by atoms with Crippen LogP contribution in [0.2, 0.25) is 0 Å². The highest BCUT2D eigenvalue weighted by atomic mass is 32.2. The number of benzene rings is 1. The van der Waals surface area contributed by atoms with Crippen LogP contribution in [-0.4, -0.2) is 42.2 Å². The van der Waals surface area contributed by atoms with Crippen LogP contribution in [0.15, 0.2) is 24.3 Å². The summed E-state index contributed by atoms with van der Waals surface area (Å²) in [5.41, 5.74) is 0.100. The van der Waals surface area contributed by atoms with E-state index in [-0.39, 0.29) is 17.0 Å². The van der Waals surface area contributed by atoms with Gasteiger partial charge in [0.1, 0.15) is 0 Å². The molecule has 6 nitrogen and oxygen atoms in total. The topological polar surface area (TPSA) is 80.5 Å². The minimum absolute atomic E-state index is 0.141. The van der Waals surface area contributed by atoms with Crippen LogP contribution in [0.1, 0.15) is 5.56 Å². The molecular weight excluding hydrogens is 288 g/mol. The van der Waals surface area contributed by atoms with E-state index < -0.39 is 14.9 Å². The summed E-state index contributed by atoms with van der Waals surface area (Å²) in [6.45, 7) is 0.960.